The van der Waals surface area contributed by atoms with Crippen LogP contribution in [0.5, 0.6) is 0 Å². The number of para-hydroxylation sites is 2. The SMILES string of the molecule is CN(C)C1CCN(c2ncc3cc(C=O)c4nc5ccccc5n4c3n2)C1. The van der Waals surface area contributed by atoms with Crippen molar-refractivity contribution in [2.45, 2.75) is 12.5 Å². The number of nitrogens with zero attached hydrogens (tertiary/aromatic N) is 6. The van der Waals surface area contributed by atoms with Gasteiger partial charge in [-0.3, -0.25) is 9.20 Å². The maximum atomic E-state index is 11.6. The van der Waals surface area contributed by atoms with Crippen LogP contribution in [-0.4, -0.2) is 63.8 Å². The van der Waals surface area contributed by atoms with E-state index < -0.39 is 0 Å². The first-order valence-corrected chi connectivity index (χ1v) is 9.09. The van der Waals surface area contributed by atoms with Crippen LogP contribution in [0.3, 0.4) is 0 Å². The fourth-order valence-electron chi connectivity index (χ4n) is 3.90. The van der Waals surface area contributed by atoms with E-state index in [-0.39, 0.29) is 0 Å². The molecule has 1 aliphatic heterocycles. The molecule has 1 unspecified atom stereocenters. The lowest BCUT2D eigenvalue weighted by molar-refractivity contribution is 0.112. The number of fused-ring (bicyclic) bond motifs is 5. The third kappa shape index (κ3) is 2.46. The monoisotopic (exact) mass is 360 g/mol. The minimum absolute atomic E-state index is 0.510. The highest BCUT2D eigenvalue weighted by Gasteiger charge is 2.26. The van der Waals surface area contributed by atoms with Crippen LogP contribution in [0.4, 0.5) is 5.95 Å². The van der Waals surface area contributed by atoms with Gasteiger partial charge in [-0.05, 0) is 38.7 Å². The van der Waals surface area contributed by atoms with Gasteiger partial charge in [0.15, 0.2) is 11.9 Å². The lowest BCUT2D eigenvalue weighted by Gasteiger charge is -2.20. The van der Waals surface area contributed by atoms with Crippen molar-refractivity contribution in [2.75, 3.05) is 32.1 Å². The molecule has 1 aliphatic rings. The maximum Gasteiger partial charge on any atom is 0.227 e. The largest absolute Gasteiger partial charge is 0.339 e. The molecule has 7 nitrogen and oxygen atoms in total. The number of likely N-dealkylation sites (N-methyl/N-ethyl adjacent to an activating group) is 1. The Morgan fingerprint density at radius 3 is 2.81 bits per heavy atom. The van der Waals surface area contributed by atoms with Gasteiger partial charge in [-0.1, -0.05) is 12.1 Å². The van der Waals surface area contributed by atoms with E-state index >= 15 is 0 Å². The summed E-state index contributed by atoms with van der Waals surface area (Å²) in [6, 6.07) is 10.2. The summed E-state index contributed by atoms with van der Waals surface area (Å²) in [5.41, 5.74) is 3.75. The zero-order valence-electron chi connectivity index (χ0n) is 15.3. The smallest absolute Gasteiger partial charge is 0.227 e. The second kappa shape index (κ2) is 5.99. The normalized spacial score (nSPS) is 17.6. The summed E-state index contributed by atoms with van der Waals surface area (Å²) >= 11 is 0. The fraction of sp³-hybridized carbons (Fsp3) is 0.300. The fourth-order valence-corrected chi connectivity index (χ4v) is 3.90. The average Bonchev–Trinajstić information content (AvgIpc) is 3.32. The van der Waals surface area contributed by atoms with Gasteiger partial charge in [0.05, 0.1) is 16.6 Å². The van der Waals surface area contributed by atoms with E-state index in [1.807, 2.05) is 40.9 Å². The van der Waals surface area contributed by atoms with Crippen molar-refractivity contribution < 1.29 is 4.79 Å². The summed E-state index contributed by atoms with van der Waals surface area (Å²) in [7, 11) is 4.22. The third-order valence-corrected chi connectivity index (χ3v) is 5.43. The summed E-state index contributed by atoms with van der Waals surface area (Å²) in [5.74, 6) is 0.727. The van der Waals surface area contributed by atoms with Gasteiger partial charge in [0.2, 0.25) is 5.95 Å². The number of anilines is 1. The molecule has 1 fully saturated rings. The Labute approximate surface area is 156 Å². The van der Waals surface area contributed by atoms with Crippen LogP contribution in [0.15, 0.2) is 36.5 Å². The van der Waals surface area contributed by atoms with E-state index in [0.29, 0.717) is 17.3 Å². The first-order chi connectivity index (χ1) is 13.2. The van der Waals surface area contributed by atoms with Gasteiger partial charge in [-0.15, -0.1) is 0 Å². The van der Waals surface area contributed by atoms with Crippen molar-refractivity contribution in [3.8, 4) is 0 Å². The average molecular weight is 360 g/mol. The molecule has 7 heteroatoms. The molecule has 1 aromatic carbocycles. The minimum Gasteiger partial charge on any atom is -0.339 e. The highest BCUT2D eigenvalue weighted by atomic mass is 16.1. The number of hydrogen-bond acceptors (Lipinski definition) is 6. The van der Waals surface area contributed by atoms with E-state index in [1.54, 1.807) is 0 Å². The minimum atomic E-state index is 0.510. The van der Waals surface area contributed by atoms with Crippen LogP contribution in [0.25, 0.3) is 27.7 Å². The van der Waals surface area contributed by atoms with Crippen LogP contribution >= 0.6 is 0 Å². The molecule has 4 heterocycles. The van der Waals surface area contributed by atoms with Crippen LogP contribution in [0, 0.1) is 0 Å². The standard InChI is InChI=1S/C20H20N6O/c1-24(2)15-7-8-25(11-15)20-21-10-13-9-14(12-27)19-22-16-5-3-4-6-17(16)26(19)18(13)23-20/h3-6,9-10,12,15H,7-8,11H2,1-2H3. The van der Waals surface area contributed by atoms with Gasteiger partial charge < -0.3 is 9.80 Å². The molecule has 0 aliphatic carbocycles. The van der Waals surface area contributed by atoms with Crippen molar-refractivity contribution >= 4 is 39.9 Å². The Bertz CT molecular complexity index is 1180. The van der Waals surface area contributed by atoms with Gasteiger partial charge in [-0.2, -0.15) is 4.98 Å². The number of carbonyl (C=O) groups excluding carboxylic acids is 1. The quantitative estimate of drug-likeness (QED) is 0.523. The number of hydrogen-bond donors (Lipinski definition) is 0. The Morgan fingerprint density at radius 2 is 2.04 bits per heavy atom. The van der Waals surface area contributed by atoms with Gasteiger partial charge in [-0.25, -0.2) is 9.97 Å². The molecule has 0 spiro atoms. The zero-order valence-corrected chi connectivity index (χ0v) is 15.3. The van der Waals surface area contributed by atoms with Crippen molar-refractivity contribution in [2.24, 2.45) is 0 Å². The van der Waals surface area contributed by atoms with Crippen molar-refractivity contribution in [3.05, 3.63) is 42.1 Å². The number of aldehydes is 1. The third-order valence-electron chi connectivity index (χ3n) is 5.43. The molecule has 3 aromatic heterocycles. The van der Waals surface area contributed by atoms with Crippen LogP contribution in [-0.2, 0) is 0 Å². The summed E-state index contributed by atoms with van der Waals surface area (Å²) in [6.45, 7) is 1.85. The molecule has 0 radical (unpaired) electrons. The van der Waals surface area contributed by atoms with Crippen molar-refractivity contribution in [1.82, 2.24) is 24.3 Å². The topological polar surface area (TPSA) is 66.6 Å². The highest BCUT2D eigenvalue weighted by Crippen LogP contribution is 2.26. The predicted molar refractivity (Wildman–Crippen MR) is 105 cm³/mol. The predicted octanol–water partition coefficient (Wildman–Crippen LogP) is 2.38. The number of aromatic nitrogens is 4. The van der Waals surface area contributed by atoms with E-state index in [9.17, 15) is 4.79 Å². The lowest BCUT2D eigenvalue weighted by atomic mass is 10.2. The van der Waals surface area contributed by atoms with Crippen LogP contribution < -0.4 is 4.90 Å². The molecular weight excluding hydrogens is 340 g/mol. The number of carbonyl (C=O) groups is 1. The van der Waals surface area contributed by atoms with Gasteiger partial charge >= 0.3 is 0 Å². The van der Waals surface area contributed by atoms with E-state index in [4.69, 9.17) is 4.98 Å². The lowest BCUT2D eigenvalue weighted by Crippen LogP contribution is -2.32. The summed E-state index contributed by atoms with van der Waals surface area (Å²) < 4.78 is 1.97. The van der Waals surface area contributed by atoms with E-state index in [0.717, 1.165) is 53.8 Å². The first kappa shape index (κ1) is 16.1. The number of rotatable bonds is 3. The molecule has 27 heavy (non-hydrogen) atoms. The number of benzene rings is 1. The Morgan fingerprint density at radius 1 is 1.19 bits per heavy atom. The Hall–Kier alpha value is -3.06. The summed E-state index contributed by atoms with van der Waals surface area (Å²) in [5, 5.41) is 0.833. The molecule has 1 saturated heterocycles. The molecule has 136 valence electrons. The van der Waals surface area contributed by atoms with Crippen molar-refractivity contribution in [1.29, 1.82) is 0 Å². The second-order valence-corrected chi connectivity index (χ2v) is 7.28. The second-order valence-electron chi connectivity index (χ2n) is 7.28. The van der Waals surface area contributed by atoms with Crippen LogP contribution in [0.1, 0.15) is 16.8 Å². The van der Waals surface area contributed by atoms with Gasteiger partial charge in [0.1, 0.15) is 5.65 Å². The summed E-state index contributed by atoms with van der Waals surface area (Å²) in [6.07, 6.45) is 3.75. The molecule has 0 amide bonds. The highest BCUT2D eigenvalue weighted by molar-refractivity contribution is 5.97. The van der Waals surface area contributed by atoms with E-state index in [2.05, 4.69) is 33.9 Å². The first-order valence-electron chi connectivity index (χ1n) is 9.09. The Kier molecular flexibility index (Phi) is 3.58. The number of pyridine rings is 1. The summed E-state index contributed by atoms with van der Waals surface area (Å²) in [4.78, 5) is 30.2. The van der Waals surface area contributed by atoms with E-state index in [1.165, 1.54) is 0 Å². The molecule has 1 atom stereocenters. The molecule has 5 rings (SSSR count). The molecule has 0 N–H and O–H groups in total. The molecular formula is C20H20N6O. The van der Waals surface area contributed by atoms with Crippen LogP contribution in [0.2, 0.25) is 0 Å². The molecule has 0 bridgehead atoms. The Balaban J connectivity index is 1.74. The maximum absolute atomic E-state index is 11.6. The number of imidazole rings is 1. The van der Waals surface area contributed by atoms with Gasteiger partial charge in [0.25, 0.3) is 0 Å². The zero-order chi connectivity index (χ0) is 18.5. The van der Waals surface area contributed by atoms with Crippen molar-refractivity contribution in [3.63, 3.8) is 0 Å². The molecule has 0 saturated carbocycles. The van der Waals surface area contributed by atoms with Gasteiger partial charge in [0, 0.05) is 30.7 Å². The molecule has 4 aromatic rings.